The summed E-state index contributed by atoms with van der Waals surface area (Å²) in [6.07, 6.45) is 0. The van der Waals surface area contributed by atoms with Gasteiger partial charge < -0.3 is 9.88 Å². The maximum absolute atomic E-state index is 3.45. The molecular formula is C17H18N2. The van der Waals surface area contributed by atoms with Gasteiger partial charge in [-0.15, -0.1) is 0 Å². The molecule has 0 radical (unpaired) electrons. The van der Waals surface area contributed by atoms with E-state index in [2.05, 4.69) is 71.4 Å². The van der Waals surface area contributed by atoms with E-state index in [1.807, 2.05) is 6.07 Å². The van der Waals surface area contributed by atoms with E-state index in [-0.39, 0.29) is 0 Å². The summed E-state index contributed by atoms with van der Waals surface area (Å²) in [5, 5.41) is 4.77. The Morgan fingerprint density at radius 1 is 0.947 bits per heavy atom. The summed E-state index contributed by atoms with van der Waals surface area (Å²) in [5.41, 5.74) is 3.81. The van der Waals surface area contributed by atoms with Crippen molar-refractivity contribution >= 4 is 16.6 Å². The zero-order chi connectivity index (χ0) is 13.1. The molecule has 1 aromatic heterocycles. The van der Waals surface area contributed by atoms with Crippen LogP contribution in [0.25, 0.3) is 10.9 Å². The Balaban J connectivity index is 1.73. The molecule has 0 saturated carbocycles. The molecule has 0 spiro atoms. The highest BCUT2D eigenvalue weighted by Gasteiger charge is 2.03. The SMILES string of the molecule is Cc1cc2ccccc2n1CCNc1ccccc1. The van der Waals surface area contributed by atoms with Gasteiger partial charge in [0, 0.05) is 30.0 Å². The fourth-order valence-electron chi connectivity index (χ4n) is 2.51. The van der Waals surface area contributed by atoms with Crippen molar-refractivity contribution in [2.24, 2.45) is 0 Å². The molecule has 2 heteroatoms. The second kappa shape index (κ2) is 5.19. The van der Waals surface area contributed by atoms with Gasteiger partial charge in [0.05, 0.1) is 0 Å². The van der Waals surface area contributed by atoms with Gasteiger partial charge in [-0.2, -0.15) is 0 Å². The lowest BCUT2D eigenvalue weighted by atomic mass is 10.2. The zero-order valence-corrected chi connectivity index (χ0v) is 11.1. The largest absolute Gasteiger partial charge is 0.383 e. The van der Waals surface area contributed by atoms with Gasteiger partial charge in [0.15, 0.2) is 0 Å². The number of nitrogens with one attached hydrogen (secondary N) is 1. The molecule has 0 amide bonds. The van der Waals surface area contributed by atoms with Crippen LogP contribution >= 0.6 is 0 Å². The minimum absolute atomic E-state index is 0.934. The van der Waals surface area contributed by atoms with E-state index in [0.29, 0.717) is 0 Å². The summed E-state index contributed by atoms with van der Waals surface area (Å²) in [5.74, 6) is 0. The van der Waals surface area contributed by atoms with Gasteiger partial charge in [-0.3, -0.25) is 0 Å². The third-order valence-corrected chi connectivity index (χ3v) is 3.46. The zero-order valence-electron chi connectivity index (χ0n) is 11.1. The lowest BCUT2D eigenvalue weighted by Crippen LogP contribution is -2.11. The number of hydrogen-bond acceptors (Lipinski definition) is 1. The van der Waals surface area contributed by atoms with E-state index in [4.69, 9.17) is 0 Å². The fraction of sp³-hybridized carbons (Fsp3) is 0.176. The molecule has 0 unspecified atom stereocenters. The summed E-state index contributed by atoms with van der Waals surface area (Å²) >= 11 is 0. The van der Waals surface area contributed by atoms with Crippen molar-refractivity contribution in [3.8, 4) is 0 Å². The third-order valence-electron chi connectivity index (χ3n) is 3.46. The van der Waals surface area contributed by atoms with Crippen LogP contribution in [0, 0.1) is 6.92 Å². The Bertz CT molecular complexity index is 668. The lowest BCUT2D eigenvalue weighted by molar-refractivity contribution is 0.735. The first-order valence-electron chi connectivity index (χ1n) is 6.68. The summed E-state index contributed by atoms with van der Waals surface area (Å²) in [6, 6.07) is 21.1. The summed E-state index contributed by atoms with van der Waals surface area (Å²) in [6.45, 7) is 4.08. The van der Waals surface area contributed by atoms with Crippen molar-refractivity contribution < 1.29 is 0 Å². The van der Waals surface area contributed by atoms with Crippen molar-refractivity contribution in [1.29, 1.82) is 0 Å². The van der Waals surface area contributed by atoms with Crippen molar-refractivity contribution in [2.75, 3.05) is 11.9 Å². The fourth-order valence-corrected chi connectivity index (χ4v) is 2.51. The molecule has 1 N–H and O–H groups in total. The van der Waals surface area contributed by atoms with Crippen LogP contribution in [0.5, 0.6) is 0 Å². The van der Waals surface area contributed by atoms with E-state index < -0.39 is 0 Å². The third kappa shape index (κ3) is 2.48. The minimum Gasteiger partial charge on any atom is -0.383 e. The number of benzene rings is 2. The molecule has 19 heavy (non-hydrogen) atoms. The average Bonchev–Trinajstić information content (AvgIpc) is 2.76. The number of rotatable bonds is 4. The average molecular weight is 250 g/mol. The van der Waals surface area contributed by atoms with Gasteiger partial charge in [-0.25, -0.2) is 0 Å². The molecule has 96 valence electrons. The second-order valence-corrected chi connectivity index (χ2v) is 4.79. The van der Waals surface area contributed by atoms with Crippen LogP contribution in [-0.4, -0.2) is 11.1 Å². The number of hydrogen-bond donors (Lipinski definition) is 1. The monoisotopic (exact) mass is 250 g/mol. The summed E-state index contributed by atoms with van der Waals surface area (Å²) in [7, 11) is 0. The number of nitrogens with zero attached hydrogens (tertiary/aromatic N) is 1. The highest BCUT2D eigenvalue weighted by molar-refractivity contribution is 5.81. The lowest BCUT2D eigenvalue weighted by Gasteiger charge is -2.10. The van der Waals surface area contributed by atoms with Crippen LogP contribution in [0.15, 0.2) is 60.7 Å². The van der Waals surface area contributed by atoms with Crippen LogP contribution in [0.4, 0.5) is 5.69 Å². The van der Waals surface area contributed by atoms with Crippen molar-refractivity contribution in [1.82, 2.24) is 4.57 Å². The molecule has 1 heterocycles. The predicted octanol–water partition coefficient (Wildman–Crippen LogP) is 4.06. The molecule has 0 aliphatic rings. The number of aryl methyl sites for hydroxylation is 1. The van der Waals surface area contributed by atoms with Gasteiger partial charge in [-0.1, -0.05) is 36.4 Å². The Morgan fingerprint density at radius 3 is 2.53 bits per heavy atom. The molecule has 0 aliphatic carbocycles. The number of fused-ring (bicyclic) bond motifs is 1. The summed E-state index contributed by atoms with van der Waals surface area (Å²) < 4.78 is 2.37. The molecule has 0 fully saturated rings. The number of para-hydroxylation sites is 2. The molecule has 0 atom stereocenters. The Kier molecular flexibility index (Phi) is 3.23. The maximum atomic E-state index is 3.45. The molecule has 3 rings (SSSR count). The predicted molar refractivity (Wildman–Crippen MR) is 81.6 cm³/mol. The van der Waals surface area contributed by atoms with Gasteiger partial charge in [0.1, 0.15) is 0 Å². The van der Waals surface area contributed by atoms with Crippen molar-refractivity contribution in [2.45, 2.75) is 13.5 Å². The van der Waals surface area contributed by atoms with Crippen molar-refractivity contribution in [3.63, 3.8) is 0 Å². The van der Waals surface area contributed by atoms with E-state index in [1.54, 1.807) is 0 Å². The molecule has 2 nitrogen and oxygen atoms in total. The van der Waals surface area contributed by atoms with E-state index in [0.717, 1.165) is 13.1 Å². The van der Waals surface area contributed by atoms with Crippen molar-refractivity contribution in [3.05, 3.63) is 66.4 Å². The summed E-state index contributed by atoms with van der Waals surface area (Å²) in [4.78, 5) is 0. The maximum Gasteiger partial charge on any atom is 0.0483 e. The van der Waals surface area contributed by atoms with Crippen LogP contribution in [0.1, 0.15) is 5.69 Å². The number of anilines is 1. The van der Waals surface area contributed by atoms with Gasteiger partial charge in [0.25, 0.3) is 0 Å². The van der Waals surface area contributed by atoms with Gasteiger partial charge in [0.2, 0.25) is 0 Å². The van der Waals surface area contributed by atoms with Crippen LogP contribution < -0.4 is 5.32 Å². The van der Waals surface area contributed by atoms with Gasteiger partial charge in [-0.05, 0) is 36.6 Å². The standard InChI is InChI=1S/C17H18N2/c1-14-13-15-7-5-6-10-17(15)19(14)12-11-18-16-8-3-2-4-9-16/h2-10,13,18H,11-12H2,1H3. The first-order valence-corrected chi connectivity index (χ1v) is 6.68. The highest BCUT2D eigenvalue weighted by Crippen LogP contribution is 2.18. The van der Waals surface area contributed by atoms with E-state index >= 15 is 0 Å². The molecule has 2 aromatic carbocycles. The highest BCUT2D eigenvalue weighted by atomic mass is 15.0. The van der Waals surface area contributed by atoms with Gasteiger partial charge >= 0.3 is 0 Å². The van der Waals surface area contributed by atoms with E-state index in [9.17, 15) is 0 Å². The van der Waals surface area contributed by atoms with E-state index in [1.165, 1.54) is 22.3 Å². The topological polar surface area (TPSA) is 17.0 Å². The first kappa shape index (κ1) is 11.8. The Hall–Kier alpha value is -2.22. The van der Waals surface area contributed by atoms with Crippen LogP contribution in [0.3, 0.4) is 0 Å². The van der Waals surface area contributed by atoms with Crippen LogP contribution in [0.2, 0.25) is 0 Å². The Labute approximate surface area is 113 Å². The normalized spacial score (nSPS) is 10.8. The first-order chi connectivity index (χ1) is 9.34. The second-order valence-electron chi connectivity index (χ2n) is 4.79. The molecule has 0 bridgehead atoms. The molecular weight excluding hydrogens is 232 g/mol. The molecule has 0 aliphatic heterocycles. The quantitative estimate of drug-likeness (QED) is 0.738. The Morgan fingerprint density at radius 2 is 1.68 bits per heavy atom. The molecule has 3 aromatic rings. The smallest absolute Gasteiger partial charge is 0.0483 e. The molecule has 0 saturated heterocycles. The van der Waals surface area contributed by atoms with Crippen LogP contribution in [-0.2, 0) is 6.54 Å². The minimum atomic E-state index is 0.934. The number of aromatic nitrogens is 1.